The van der Waals surface area contributed by atoms with Gasteiger partial charge in [-0.1, -0.05) is 6.07 Å². The molecule has 1 amide bonds. The van der Waals surface area contributed by atoms with Crippen molar-refractivity contribution in [3.8, 4) is 0 Å². The summed E-state index contributed by atoms with van der Waals surface area (Å²) in [5, 5.41) is 15.7. The average Bonchev–Trinajstić information content (AvgIpc) is 3.28. The van der Waals surface area contributed by atoms with E-state index in [2.05, 4.69) is 20.6 Å². The molecule has 0 atom stereocenters. The van der Waals surface area contributed by atoms with E-state index >= 15 is 0 Å². The van der Waals surface area contributed by atoms with Crippen molar-refractivity contribution in [2.24, 2.45) is 0 Å². The molecule has 0 unspecified atom stereocenters. The van der Waals surface area contributed by atoms with Crippen molar-refractivity contribution >= 4 is 37.0 Å². The van der Waals surface area contributed by atoms with Crippen molar-refractivity contribution in [1.82, 2.24) is 14.9 Å². The van der Waals surface area contributed by atoms with E-state index < -0.39 is 25.5 Å². The van der Waals surface area contributed by atoms with E-state index in [1.165, 1.54) is 0 Å². The van der Waals surface area contributed by atoms with E-state index in [-0.39, 0.29) is 30.0 Å². The Kier molecular flexibility index (Phi) is 8.51. The summed E-state index contributed by atoms with van der Waals surface area (Å²) < 4.78 is 52.8. The molecular weight excluding hydrogens is 598 g/mol. The van der Waals surface area contributed by atoms with E-state index in [4.69, 9.17) is 9.05 Å². The van der Waals surface area contributed by atoms with Crippen molar-refractivity contribution in [2.45, 2.75) is 63.0 Å². The van der Waals surface area contributed by atoms with Gasteiger partial charge in [-0.15, -0.1) is 0 Å². The van der Waals surface area contributed by atoms with Crippen molar-refractivity contribution in [2.75, 3.05) is 30.9 Å². The second-order valence-electron chi connectivity index (χ2n) is 11.6. The first-order valence-electron chi connectivity index (χ1n) is 14.7. The monoisotopic (exact) mass is 633 g/mol. The van der Waals surface area contributed by atoms with Gasteiger partial charge in [-0.25, -0.2) is 0 Å². The van der Waals surface area contributed by atoms with Crippen LogP contribution in [0.25, 0.3) is 0 Å². The van der Waals surface area contributed by atoms with Gasteiger partial charge in [0.15, 0.2) is 0 Å². The van der Waals surface area contributed by atoms with E-state index in [1.54, 1.807) is 42.3 Å². The van der Waals surface area contributed by atoms with Crippen LogP contribution < -0.4 is 10.6 Å². The predicted molar refractivity (Wildman–Crippen MR) is 160 cm³/mol. The molecule has 10 nitrogen and oxygen atoms in total. The van der Waals surface area contributed by atoms with Crippen molar-refractivity contribution < 1.29 is 37.0 Å². The number of aliphatic hydroxyl groups excluding tert-OH is 1. The smallest absolute Gasteiger partial charge is 0.269 e. The molecule has 6 rings (SSSR count). The Morgan fingerprint density at radius 3 is 2.43 bits per heavy atom. The molecule has 2 aliphatic heterocycles. The number of anilines is 4. The average molecular weight is 634 g/mol. The third-order valence-electron chi connectivity index (χ3n) is 8.37. The van der Waals surface area contributed by atoms with Crippen LogP contribution in [0.5, 0.6) is 0 Å². The first kappa shape index (κ1) is 30.7. The molecule has 3 aliphatic rings. The van der Waals surface area contributed by atoms with Crippen LogP contribution in [0.1, 0.15) is 70.6 Å². The maximum absolute atomic E-state index is 13.9. The zero-order valence-corrected chi connectivity index (χ0v) is 25.2. The summed E-state index contributed by atoms with van der Waals surface area (Å²) in [5.74, 6) is -0.525. The quantitative estimate of drug-likeness (QED) is 0.231. The van der Waals surface area contributed by atoms with Gasteiger partial charge in [0.05, 0.1) is 6.10 Å². The number of amides is 1. The van der Waals surface area contributed by atoms with Gasteiger partial charge in [-0.05, 0) is 42.7 Å². The summed E-state index contributed by atoms with van der Waals surface area (Å²) >= 11 is 0. The number of aliphatic hydroxyl groups is 1. The van der Waals surface area contributed by atoms with Crippen molar-refractivity contribution in [3.05, 3.63) is 70.4 Å². The zero-order valence-electron chi connectivity index (χ0n) is 24.2. The van der Waals surface area contributed by atoms with Crippen molar-refractivity contribution in [3.63, 3.8) is 0 Å². The summed E-state index contributed by atoms with van der Waals surface area (Å²) in [6.07, 6.45) is -0.363. The van der Waals surface area contributed by atoms with Crippen LogP contribution >= 0.6 is 7.94 Å². The van der Waals surface area contributed by atoms with Gasteiger partial charge in [0, 0.05) is 13.6 Å². The van der Waals surface area contributed by atoms with E-state index in [1.807, 2.05) is 6.07 Å². The molecule has 0 radical (unpaired) electrons. The summed E-state index contributed by atoms with van der Waals surface area (Å²) in [6.45, 7) is 1.28. The van der Waals surface area contributed by atoms with Gasteiger partial charge in [0.25, 0.3) is 5.91 Å². The molecule has 3 heterocycles. The van der Waals surface area contributed by atoms with Crippen molar-refractivity contribution in [1.29, 1.82) is 0 Å². The second kappa shape index (κ2) is 12.2. The minimum absolute atomic E-state index is 0.102. The van der Waals surface area contributed by atoms with E-state index in [0.717, 1.165) is 29.5 Å². The Labute approximate surface area is 253 Å². The fourth-order valence-corrected chi connectivity index (χ4v) is 8.05. The number of rotatable bonds is 7. The van der Waals surface area contributed by atoms with Crippen LogP contribution in [0.3, 0.4) is 0 Å². The topological polar surface area (TPSA) is 129 Å². The van der Waals surface area contributed by atoms with Gasteiger partial charge < -0.3 is 10.0 Å². The number of nitrogens with one attached hydrogen (secondary N) is 2. The fraction of sp³-hybridized carbons (Fsp3) is 0.433. The standard InChI is InChI=1S/C30H35F3N5O5P/c1-38-16-23-22(19-5-9-21(39)10-6-19)11-12-25(26(23)28(38)40)36-29-34-15-24(30(31,32)33)27(37-29)35-20-7-3-18(4-8-20)17-44(41)42-13-2-14-43-44/h3-4,7-8,11-12,15,19,21,39,41,44H,2,5-6,9-10,13-14,16-17H2,1H3,(H2,34,35,36,37). The molecule has 1 saturated heterocycles. The SMILES string of the molecule is CN1Cc2c(C3CCC(O)CC3)ccc(Nc3ncc(C(F)(F)F)c(Nc4ccc(C[PH]5(O)OCCCO5)cc4)n3)c2C1=O. The molecule has 1 aliphatic carbocycles. The van der Waals surface area contributed by atoms with Gasteiger partial charge in [-0.3, -0.25) is 4.79 Å². The molecule has 44 heavy (non-hydrogen) atoms. The van der Waals surface area contributed by atoms with E-state index in [9.17, 15) is 28.0 Å². The predicted octanol–water partition coefficient (Wildman–Crippen LogP) is 6.01. The molecule has 0 spiro atoms. The number of aromatic nitrogens is 2. The molecule has 2 fully saturated rings. The van der Waals surface area contributed by atoms with Gasteiger partial charge in [0.1, 0.15) is 0 Å². The Hall–Kier alpha value is -3.35. The Bertz CT molecular complexity index is 1530. The number of halogens is 3. The first-order valence-corrected chi connectivity index (χ1v) is 16.6. The molecule has 2 aromatic carbocycles. The summed E-state index contributed by atoms with van der Waals surface area (Å²) in [5.41, 5.74) is 2.84. The van der Waals surface area contributed by atoms with Crippen LogP contribution in [-0.4, -0.2) is 57.1 Å². The minimum Gasteiger partial charge on any atom is -0.269 e. The summed E-state index contributed by atoms with van der Waals surface area (Å²) in [4.78, 5) is 33.5. The maximum atomic E-state index is 13.9. The molecular formula is C30H35F3N5O5P. The molecule has 1 aromatic heterocycles. The number of hydrogen-bond acceptors (Lipinski definition) is 9. The third-order valence-corrected chi connectivity index (χ3v) is 10.5. The third kappa shape index (κ3) is 6.52. The Morgan fingerprint density at radius 1 is 1.05 bits per heavy atom. The van der Waals surface area contributed by atoms with Crippen LogP contribution in [0, 0.1) is 0 Å². The Balaban J connectivity index is 1.25. The van der Waals surface area contributed by atoms with Crippen LogP contribution in [0.4, 0.5) is 36.3 Å². The molecule has 1 saturated carbocycles. The fourth-order valence-electron chi connectivity index (χ4n) is 6.08. The number of fused-ring (bicyclic) bond motifs is 1. The summed E-state index contributed by atoms with van der Waals surface area (Å²) in [7, 11) is -1.61. The zero-order chi connectivity index (χ0) is 31.1. The summed E-state index contributed by atoms with van der Waals surface area (Å²) in [6, 6.07) is 10.2. The molecule has 14 heteroatoms. The number of carbonyl (C=O) groups is 1. The van der Waals surface area contributed by atoms with E-state index in [0.29, 0.717) is 62.2 Å². The normalized spacial score (nSPS) is 22.4. The Morgan fingerprint density at radius 2 is 1.75 bits per heavy atom. The molecule has 236 valence electrons. The molecule has 3 aromatic rings. The second-order valence-corrected chi connectivity index (χ2v) is 13.9. The van der Waals surface area contributed by atoms with Gasteiger partial charge >= 0.3 is 164 Å². The number of nitrogens with zero attached hydrogens (tertiary/aromatic N) is 3. The number of alkyl halides is 3. The molecule has 4 N–H and O–H groups in total. The van der Waals surface area contributed by atoms with Gasteiger partial charge in [-0.2, -0.15) is 0 Å². The van der Waals surface area contributed by atoms with Crippen LogP contribution in [0.2, 0.25) is 0 Å². The number of carbonyl (C=O) groups excluding carboxylic acids is 1. The van der Waals surface area contributed by atoms with Crippen LogP contribution in [-0.2, 0) is 27.9 Å². The van der Waals surface area contributed by atoms with Crippen LogP contribution in [0.15, 0.2) is 42.6 Å². The molecule has 0 bridgehead atoms. The number of hydrogen-bond donors (Lipinski definition) is 4. The van der Waals surface area contributed by atoms with Gasteiger partial charge in [0.2, 0.25) is 0 Å². The number of benzene rings is 2. The minimum atomic E-state index is -4.72. The first-order chi connectivity index (χ1) is 21.0.